The number of carbonyl (C=O) groups is 2. The van der Waals surface area contributed by atoms with Crippen molar-refractivity contribution < 1.29 is 14.7 Å². The van der Waals surface area contributed by atoms with E-state index in [0.717, 1.165) is 6.42 Å². The van der Waals surface area contributed by atoms with Crippen molar-refractivity contribution in [2.45, 2.75) is 47.0 Å². The average molecular weight is 229 g/mol. The number of hydrogen-bond acceptors (Lipinski definition) is 2. The molecule has 94 valence electrons. The van der Waals surface area contributed by atoms with E-state index in [4.69, 9.17) is 5.11 Å². The fourth-order valence-corrected chi connectivity index (χ4v) is 1.73. The molecule has 0 heterocycles. The maximum absolute atomic E-state index is 10.7. The van der Waals surface area contributed by atoms with Gasteiger partial charge in [-0.15, -0.1) is 0 Å². The second kappa shape index (κ2) is 6.51. The standard InChI is InChI=1S/C12H23NO3/c1-9(14)13-8-7-10(12(2,3)4)5-6-11(15)16/h10H,5-8H2,1-4H3,(H,13,14)(H,15,16). The van der Waals surface area contributed by atoms with E-state index in [1.807, 2.05) is 0 Å². The number of rotatable bonds is 6. The number of nitrogens with one attached hydrogen (secondary N) is 1. The molecule has 0 aromatic rings. The quantitative estimate of drug-likeness (QED) is 0.732. The number of amides is 1. The van der Waals surface area contributed by atoms with Gasteiger partial charge in [-0.1, -0.05) is 20.8 Å². The van der Waals surface area contributed by atoms with Gasteiger partial charge in [-0.2, -0.15) is 0 Å². The Morgan fingerprint density at radius 1 is 1.25 bits per heavy atom. The summed E-state index contributed by atoms with van der Waals surface area (Å²) in [5, 5.41) is 11.4. The van der Waals surface area contributed by atoms with Gasteiger partial charge in [-0.3, -0.25) is 9.59 Å². The lowest BCUT2D eigenvalue weighted by molar-refractivity contribution is -0.137. The third-order valence-corrected chi connectivity index (χ3v) is 2.80. The van der Waals surface area contributed by atoms with Gasteiger partial charge < -0.3 is 10.4 Å². The predicted molar refractivity (Wildman–Crippen MR) is 63.1 cm³/mol. The van der Waals surface area contributed by atoms with Crippen molar-refractivity contribution in [3.8, 4) is 0 Å². The Bertz CT molecular complexity index is 243. The van der Waals surface area contributed by atoms with Gasteiger partial charge in [-0.05, 0) is 24.2 Å². The number of carbonyl (C=O) groups excluding carboxylic acids is 1. The third kappa shape index (κ3) is 7.26. The molecule has 0 aromatic carbocycles. The van der Waals surface area contributed by atoms with Crippen LogP contribution in [0.25, 0.3) is 0 Å². The minimum atomic E-state index is -0.756. The molecule has 0 aromatic heterocycles. The summed E-state index contributed by atoms with van der Waals surface area (Å²) in [7, 11) is 0. The van der Waals surface area contributed by atoms with Gasteiger partial charge in [0.2, 0.25) is 5.91 Å². The van der Waals surface area contributed by atoms with E-state index in [2.05, 4.69) is 26.1 Å². The van der Waals surface area contributed by atoms with Crippen LogP contribution in [0.5, 0.6) is 0 Å². The lowest BCUT2D eigenvalue weighted by Crippen LogP contribution is -2.28. The molecule has 1 amide bonds. The summed E-state index contributed by atoms with van der Waals surface area (Å²) in [6.45, 7) is 8.42. The molecule has 0 radical (unpaired) electrons. The molecule has 0 bridgehead atoms. The Balaban J connectivity index is 4.11. The fourth-order valence-electron chi connectivity index (χ4n) is 1.73. The number of hydrogen-bond donors (Lipinski definition) is 2. The van der Waals surface area contributed by atoms with E-state index in [1.165, 1.54) is 6.92 Å². The molecule has 4 heteroatoms. The highest BCUT2D eigenvalue weighted by Crippen LogP contribution is 2.32. The van der Waals surface area contributed by atoms with Gasteiger partial charge in [0.1, 0.15) is 0 Å². The zero-order chi connectivity index (χ0) is 12.8. The normalized spacial score (nSPS) is 13.2. The molecule has 0 aliphatic carbocycles. The molecule has 1 atom stereocenters. The van der Waals surface area contributed by atoms with Crippen LogP contribution in [0.4, 0.5) is 0 Å². The molecule has 0 aliphatic heterocycles. The van der Waals surface area contributed by atoms with Crippen molar-refractivity contribution in [1.29, 1.82) is 0 Å². The Kier molecular flexibility index (Phi) is 6.08. The van der Waals surface area contributed by atoms with E-state index in [-0.39, 0.29) is 17.7 Å². The smallest absolute Gasteiger partial charge is 0.303 e. The number of carboxylic acid groups (broad SMARTS) is 1. The van der Waals surface area contributed by atoms with Crippen LogP contribution in [0.15, 0.2) is 0 Å². The van der Waals surface area contributed by atoms with E-state index >= 15 is 0 Å². The van der Waals surface area contributed by atoms with Crippen LogP contribution in [0.1, 0.15) is 47.0 Å². The van der Waals surface area contributed by atoms with Crippen LogP contribution in [-0.4, -0.2) is 23.5 Å². The Morgan fingerprint density at radius 2 is 1.81 bits per heavy atom. The van der Waals surface area contributed by atoms with Gasteiger partial charge in [-0.25, -0.2) is 0 Å². The van der Waals surface area contributed by atoms with E-state index in [0.29, 0.717) is 18.9 Å². The summed E-state index contributed by atoms with van der Waals surface area (Å²) < 4.78 is 0. The maximum atomic E-state index is 10.7. The largest absolute Gasteiger partial charge is 0.481 e. The number of carboxylic acids is 1. The molecule has 0 fully saturated rings. The topological polar surface area (TPSA) is 66.4 Å². The molecule has 1 unspecified atom stereocenters. The van der Waals surface area contributed by atoms with Crippen molar-refractivity contribution in [2.75, 3.05) is 6.54 Å². The maximum Gasteiger partial charge on any atom is 0.303 e. The zero-order valence-electron chi connectivity index (χ0n) is 10.7. The first-order chi connectivity index (χ1) is 7.23. The molecule has 0 saturated heterocycles. The highest BCUT2D eigenvalue weighted by molar-refractivity contribution is 5.72. The Morgan fingerprint density at radius 3 is 2.19 bits per heavy atom. The van der Waals surface area contributed by atoms with Crippen LogP contribution in [0.3, 0.4) is 0 Å². The SMILES string of the molecule is CC(=O)NCCC(CCC(=O)O)C(C)(C)C. The van der Waals surface area contributed by atoms with Gasteiger partial charge in [0.05, 0.1) is 0 Å². The second-order valence-corrected chi connectivity index (χ2v) is 5.27. The lowest BCUT2D eigenvalue weighted by atomic mass is 9.76. The van der Waals surface area contributed by atoms with Crippen molar-refractivity contribution in [3.63, 3.8) is 0 Å². The molecule has 4 nitrogen and oxygen atoms in total. The average Bonchev–Trinajstić information content (AvgIpc) is 2.07. The van der Waals surface area contributed by atoms with Crippen molar-refractivity contribution >= 4 is 11.9 Å². The highest BCUT2D eigenvalue weighted by Gasteiger charge is 2.24. The summed E-state index contributed by atoms with van der Waals surface area (Å²) in [6.07, 6.45) is 1.69. The van der Waals surface area contributed by atoms with Crippen molar-refractivity contribution in [2.24, 2.45) is 11.3 Å². The van der Waals surface area contributed by atoms with E-state index in [1.54, 1.807) is 0 Å². The molecule has 16 heavy (non-hydrogen) atoms. The fraction of sp³-hybridized carbons (Fsp3) is 0.833. The molecule has 0 saturated carbocycles. The minimum Gasteiger partial charge on any atom is -0.481 e. The zero-order valence-corrected chi connectivity index (χ0v) is 10.7. The predicted octanol–water partition coefficient (Wildman–Crippen LogP) is 2.04. The second-order valence-electron chi connectivity index (χ2n) is 5.27. The molecule has 0 spiro atoms. The first kappa shape index (κ1) is 14.9. The summed E-state index contributed by atoms with van der Waals surface area (Å²) in [5.41, 5.74) is 0.0773. The number of aliphatic carboxylic acids is 1. The van der Waals surface area contributed by atoms with Gasteiger partial charge in [0.15, 0.2) is 0 Å². The summed E-state index contributed by atoms with van der Waals surface area (Å²) in [4.78, 5) is 21.3. The van der Waals surface area contributed by atoms with Crippen LogP contribution in [0, 0.1) is 11.3 Å². The van der Waals surface area contributed by atoms with Crippen LogP contribution >= 0.6 is 0 Å². The molecule has 0 rings (SSSR count). The highest BCUT2D eigenvalue weighted by atomic mass is 16.4. The summed E-state index contributed by atoms with van der Waals surface area (Å²) in [6, 6.07) is 0. The Hall–Kier alpha value is -1.06. The van der Waals surface area contributed by atoms with Crippen LogP contribution in [0.2, 0.25) is 0 Å². The first-order valence-electron chi connectivity index (χ1n) is 5.69. The molecule has 0 aliphatic rings. The van der Waals surface area contributed by atoms with Crippen molar-refractivity contribution in [1.82, 2.24) is 5.32 Å². The molecule has 2 N–H and O–H groups in total. The minimum absolute atomic E-state index is 0.0362. The van der Waals surface area contributed by atoms with Gasteiger partial charge in [0, 0.05) is 19.9 Å². The van der Waals surface area contributed by atoms with Crippen LogP contribution < -0.4 is 5.32 Å². The Labute approximate surface area is 97.4 Å². The third-order valence-electron chi connectivity index (χ3n) is 2.80. The van der Waals surface area contributed by atoms with E-state index in [9.17, 15) is 9.59 Å². The first-order valence-corrected chi connectivity index (χ1v) is 5.69. The van der Waals surface area contributed by atoms with Gasteiger partial charge in [0.25, 0.3) is 0 Å². The monoisotopic (exact) mass is 229 g/mol. The molecular formula is C12H23NO3. The lowest BCUT2D eigenvalue weighted by Gasteiger charge is -2.30. The van der Waals surface area contributed by atoms with E-state index < -0.39 is 5.97 Å². The summed E-state index contributed by atoms with van der Waals surface area (Å²) >= 11 is 0. The van der Waals surface area contributed by atoms with Crippen molar-refractivity contribution in [3.05, 3.63) is 0 Å². The summed E-state index contributed by atoms with van der Waals surface area (Å²) in [5.74, 6) is -0.477. The van der Waals surface area contributed by atoms with Crippen LogP contribution in [-0.2, 0) is 9.59 Å². The van der Waals surface area contributed by atoms with Gasteiger partial charge >= 0.3 is 5.97 Å². The molecular weight excluding hydrogens is 206 g/mol.